The van der Waals surface area contributed by atoms with Crippen LogP contribution in [-0.2, 0) is 6.54 Å². The Morgan fingerprint density at radius 2 is 2.22 bits per heavy atom. The second-order valence-electron chi connectivity index (χ2n) is 4.29. The summed E-state index contributed by atoms with van der Waals surface area (Å²) < 4.78 is 6.32. The van der Waals surface area contributed by atoms with Crippen LogP contribution >= 0.6 is 27.5 Å². The second-order valence-corrected chi connectivity index (χ2v) is 5.55. The summed E-state index contributed by atoms with van der Waals surface area (Å²) in [6.45, 7) is 4.86. The minimum absolute atomic E-state index is 0.406. The molecule has 0 aliphatic heterocycles. The van der Waals surface area contributed by atoms with E-state index in [9.17, 15) is 0 Å². The molecule has 0 bridgehead atoms. The van der Waals surface area contributed by atoms with Gasteiger partial charge >= 0.3 is 0 Å². The third-order valence-corrected chi connectivity index (χ3v) is 3.73. The zero-order valence-electron chi connectivity index (χ0n) is 10.2. The lowest BCUT2D eigenvalue weighted by Crippen LogP contribution is -2.22. The molecule has 0 aliphatic carbocycles. The molecule has 0 amide bonds. The largest absolute Gasteiger partial charge is 0.443 e. The number of hydrogen-bond acceptors (Lipinski definition) is 3. The van der Waals surface area contributed by atoms with Gasteiger partial charge in [0.15, 0.2) is 12.2 Å². The number of aromatic nitrogens is 1. The molecule has 0 spiro atoms. The molecular formula is C13H14BrClN2O. The van der Waals surface area contributed by atoms with Gasteiger partial charge < -0.3 is 9.73 Å². The van der Waals surface area contributed by atoms with Crippen LogP contribution in [0.2, 0.25) is 5.02 Å². The summed E-state index contributed by atoms with van der Waals surface area (Å²) in [5, 5.41) is 3.98. The first-order valence-corrected chi connectivity index (χ1v) is 6.86. The predicted molar refractivity (Wildman–Crippen MR) is 76.6 cm³/mol. The molecule has 0 saturated carbocycles. The van der Waals surface area contributed by atoms with Crippen LogP contribution in [0.25, 0.3) is 11.3 Å². The summed E-state index contributed by atoms with van der Waals surface area (Å²) in [6.07, 6.45) is 1.46. The lowest BCUT2D eigenvalue weighted by atomic mass is 10.1. The monoisotopic (exact) mass is 328 g/mol. The molecule has 1 N–H and O–H groups in total. The first kappa shape index (κ1) is 13.6. The van der Waals surface area contributed by atoms with Crippen molar-refractivity contribution >= 4 is 27.5 Å². The summed E-state index contributed by atoms with van der Waals surface area (Å²) in [4.78, 5) is 4.23. The van der Waals surface area contributed by atoms with E-state index in [1.807, 2.05) is 18.2 Å². The zero-order valence-corrected chi connectivity index (χ0v) is 12.5. The molecule has 18 heavy (non-hydrogen) atoms. The molecule has 0 saturated heterocycles. The Bertz CT molecular complexity index is 540. The molecule has 0 atom stereocenters. The number of oxazole rings is 1. The average Bonchev–Trinajstić information content (AvgIpc) is 2.78. The molecule has 0 aliphatic rings. The number of rotatable bonds is 4. The van der Waals surface area contributed by atoms with Gasteiger partial charge in [-0.05, 0) is 34.1 Å². The number of halogens is 2. The fraction of sp³-hybridized carbons (Fsp3) is 0.308. The molecule has 1 aromatic carbocycles. The van der Waals surface area contributed by atoms with Crippen molar-refractivity contribution in [2.75, 3.05) is 0 Å². The van der Waals surface area contributed by atoms with E-state index in [0.29, 0.717) is 17.6 Å². The Labute approximate surface area is 120 Å². The van der Waals surface area contributed by atoms with E-state index in [0.717, 1.165) is 21.5 Å². The maximum atomic E-state index is 6.09. The van der Waals surface area contributed by atoms with Crippen LogP contribution in [0.4, 0.5) is 0 Å². The van der Waals surface area contributed by atoms with Gasteiger partial charge in [0.1, 0.15) is 5.69 Å². The molecule has 3 nitrogen and oxygen atoms in total. The van der Waals surface area contributed by atoms with Crippen molar-refractivity contribution in [2.24, 2.45) is 0 Å². The number of hydrogen-bond donors (Lipinski definition) is 1. The van der Waals surface area contributed by atoms with E-state index in [1.54, 1.807) is 0 Å². The third-order valence-electron chi connectivity index (χ3n) is 2.50. The zero-order chi connectivity index (χ0) is 13.1. The van der Waals surface area contributed by atoms with Gasteiger partial charge in [-0.3, -0.25) is 0 Å². The number of nitrogens with zero attached hydrogens (tertiary/aromatic N) is 1. The van der Waals surface area contributed by atoms with Gasteiger partial charge in [-0.25, -0.2) is 4.98 Å². The summed E-state index contributed by atoms with van der Waals surface area (Å²) in [6, 6.07) is 6.13. The van der Waals surface area contributed by atoms with Crippen LogP contribution < -0.4 is 5.32 Å². The van der Waals surface area contributed by atoms with Crippen LogP contribution in [0.3, 0.4) is 0 Å². The average molecular weight is 330 g/mol. The van der Waals surface area contributed by atoms with Gasteiger partial charge in [-0.1, -0.05) is 25.4 Å². The summed E-state index contributed by atoms with van der Waals surface area (Å²) >= 11 is 9.46. The highest BCUT2D eigenvalue weighted by Gasteiger charge is 2.12. The van der Waals surface area contributed by atoms with Crippen LogP contribution in [0.15, 0.2) is 33.5 Å². The highest BCUT2D eigenvalue weighted by Crippen LogP contribution is 2.30. The van der Waals surface area contributed by atoms with Crippen LogP contribution in [0, 0.1) is 0 Å². The van der Waals surface area contributed by atoms with E-state index in [-0.39, 0.29) is 0 Å². The molecule has 1 aromatic heterocycles. The molecule has 5 heteroatoms. The molecular weight excluding hydrogens is 316 g/mol. The summed E-state index contributed by atoms with van der Waals surface area (Å²) in [7, 11) is 0. The van der Waals surface area contributed by atoms with Gasteiger partial charge in [0.25, 0.3) is 0 Å². The summed E-state index contributed by atoms with van der Waals surface area (Å²) in [5.41, 5.74) is 1.82. The quantitative estimate of drug-likeness (QED) is 0.911. The Balaban J connectivity index is 2.27. The smallest absolute Gasteiger partial charge is 0.181 e. The Morgan fingerprint density at radius 1 is 1.44 bits per heavy atom. The first-order valence-electron chi connectivity index (χ1n) is 5.69. The minimum atomic E-state index is 0.406. The Hall–Kier alpha value is -0.840. The van der Waals surface area contributed by atoms with Gasteiger partial charge in [-0.15, -0.1) is 0 Å². The molecule has 0 unspecified atom stereocenters. The van der Waals surface area contributed by atoms with Crippen molar-refractivity contribution < 1.29 is 4.42 Å². The van der Waals surface area contributed by atoms with Crippen molar-refractivity contribution in [2.45, 2.75) is 26.4 Å². The van der Waals surface area contributed by atoms with E-state index in [2.05, 4.69) is 40.1 Å². The maximum absolute atomic E-state index is 6.09. The van der Waals surface area contributed by atoms with Crippen molar-refractivity contribution in [3.8, 4) is 11.3 Å². The lowest BCUT2D eigenvalue weighted by molar-refractivity contribution is 0.563. The van der Waals surface area contributed by atoms with Crippen LogP contribution in [0.5, 0.6) is 0 Å². The van der Waals surface area contributed by atoms with Gasteiger partial charge in [0.05, 0.1) is 5.02 Å². The SMILES string of the molecule is CC(C)NCc1ncoc1-c1ccc(Br)c(Cl)c1. The molecule has 2 rings (SSSR count). The maximum Gasteiger partial charge on any atom is 0.181 e. The normalized spacial score (nSPS) is 11.2. The standard InChI is InChI=1S/C13H14BrClN2O/c1-8(2)16-6-12-13(18-7-17-12)9-3-4-10(14)11(15)5-9/h3-5,7-8,16H,6H2,1-2H3. The number of nitrogens with one attached hydrogen (secondary N) is 1. The predicted octanol–water partition coefficient (Wildman–Crippen LogP) is 4.26. The van der Waals surface area contributed by atoms with Crippen molar-refractivity contribution in [1.29, 1.82) is 0 Å². The lowest BCUT2D eigenvalue weighted by Gasteiger charge is -2.07. The minimum Gasteiger partial charge on any atom is -0.443 e. The highest BCUT2D eigenvalue weighted by molar-refractivity contribution is 9.10. The highest BCUT2D eigenvalue weighted by atomic mass is 79.9. The fourth-order valence-corrected chi connectivity index (χ4v) is 2.00. The summed E-state index contributed by atoms with van der Waals surface area (Å²) in [5.74, 6) is 0.762. The van der Waals surface area contributed by atoms with Crippen molar-refractivity contribution in [3.05, 3.63) is 39.8 Å². The molecule has 1 heterocycles. The van der Waals surface area contributed by atoms with Gasteiger partial charge in [0, 0.05) is 22.6 Å². The molecule has 2 aromatic rings. The van der Waals surface area contributed by atoms with Crippen molar-refractivity contribution in [1.82, 2.24) is 10.3 Å². The Kier molecular flexibility index (Phi) is 4.43. The van der Waals surface area contributed by atoms with Crippen molar-refractivity contribution in [3.63, 3.8) is 0 Å². The second kappa shape index (κ2) is 5.87. The first-order chi connectivity index (χ1) is 8.58. The van der Waals surface area contributed by atoms with Crippen LogP contribution in [-0.4, -0.2) is 11.0 Å². The fourth-order valence-electron chi connectivity index (χ4n) is 1.57. The van der Waals surface area contributed by atoms with E-state index >= 15 is 0 Å². The van der Waals surface area contributed by atoms with E-state index < -0.39 is 0 Å². The van der Waals surface area contributed by atoms with Gasteiger partial charge in [-0.2, -0.15) is 0 Å². The molecule has 0 radical (unpaired) electrons. The van der Waals surface area contributed by atoms with Gasteiger partial charge in [0.2, 0.25) is 0 Å². The van der Waals surface area contributed by atoms with E-state index in [1.165, 1.54) is 6.39 Å². The topological polar surface area (TPSA) is 38.1 Å². The third kappa shape index (κ3) is 3.13. The van der Waals surface area contributed by atoms with Crippen LogP contribution in [0.1, 0.15) is 19.5 Å². The van der Waals surface area contributed by atoms with E-state index in [4.69, 9.17) is 16.0 Å². The molecule has 0 fully saturated rings. The Morgan fingerprint density at radius 3 is 2.89 bits per heavy atom. The molecule has 96 valence electrons. The number of benzene rings is 1.